The third-order valence-electron chi connectivity index (χ3n) is 4.14. The fourth-order valence-corrected chi connectivity index (χ4v) is 2.48. The molecule has 23 heavy (non-hydrogen) atoms. The molecule has 0 aliphatic carbocycles. The predicted octanol–water partition coefficient (Wildman–Crippen LogP) is 3.66. The van der Waals surface area contributed by atoms with Gasteiger partial charge in [0.05, 0.1) is 0 Å². The van der Waals surface area contributed by atoms with E-state index in [4.69, 9.17) is 22.9 Å². The first-order valence-corrected chi connectivity index (χ1v) is 10.1. The minimum Gasteiger partial charge on any atom is -0.330 e. The Labute approximate surface area is 146 Å². The first-order chi connectivity index (χ1) is 11.2. The van der Waals surface area contributed by atoms with Crippen molar-refractivity contribution in [3.8, 4) is 0 Å². The lowest BCUT2D eigenvalue weighted by Crippen LogP contribution is -2.29. The number of rotatable bonds is 16. The molecule has 0 radical (unpaired) electrons. The number of nitrogens with two attached hydrogens (primary N) is 4. The molecule has 0 saturated heterocycles. The summed E-state index contributed by atoms with van der Waals surface area (Å²) < 4.78 is 0. The van der Waals surface area contributed by atoms with E-state index < -0.39 is 0 Å². The number of hydrogen-bond acceptors (Lipinski definition) is 4. The highest BCUT2D eigenvalue weighted by molar-refractivity contribution is 4.60. The third kappa shape index (κ3) is 27.0. The Bertz CT molecular complexity index is 182. The predicted molar refractivity (Wildman–Crippen MR) is 105 cm³/mol. The molecule has 1 unspecified atom stereocenters. The van der Waals surface area contributed by atoms with Crippen LogP contribution in [0, 0.1) is 0 Å². The number of hydrogen-bond donors (Lipinski definition) is 4. The van der Waals surface area contributed by atoms with Crippen LogP contribution in [0.2, 0.25) is 0 Å². The maximum absolute atomic E-state index is 5.73. The molecule has 8 N–H and O–H groups in total. The smallest absolute Gasteiger partial charge is 0.0163 e. The summed E-state index contributed by atoms with van der Waals surface area (Å²) >= 11 is 0. The summed E-state index contributed by atoms with van der Waals surface area (Å²) in [5, 5.41) is 0. The van der Waals surface area contributed by atoms with Gasteiger partial charge in [0.25, 0.3) is 0 Å². The van der Waals surface area contributed by atoms with Crippen LogP contribution in [0.3, 0.4) is 0 Å². The van der Waals surface area contributed by atoms with Crippen LogP contribution in [0.4, 0.5) is 0 Å². The quantitative estimate of drug-likeness (QED) is 0.324. The molecule has 0 aromatic carbocycles. The Morgan fingerprint density at radius 2 is 0.957 bits per heavy atom. The molecule has 0 aromatic heterocycles. The van der Waals surface area contributed by atoms with Crippen LogP contribution in [-0.2, 0) is 0 Å². The molecule has 0 bridgehead atoms. The maximum atomic E-state index is 5.73. The molecular weight excluding hydrogens is 284 g/mol. The lowest BCUT2D eigenvalue weighted by atomic mass is 10.1. The van der Waals surface area contributed by atoms with Gasteiger partial charge in [-0.1, -0.05) is 77.6 Å². The molecule has 0 aliphatic heterocycles. The first kappa shape index (κ1) is 25.1. The minimum atomic E-state index is 0.232. The van der Waals surface area contributed by atoms with E-state index >= 15 is 0 Å². The van der Waals surface area contributed by atoms with Crippen LogP contribution in [0.25, 0.3) is 0 Å². The molecule has 1 atom stereocenters. The molecule has 0 amide bonds. The van der Waals surface area contributed by atoms with Gasteiger partial charge in [-0.2, -0.15) is 0 Å². The van der Waals surface area contributed by atoms with E-state index in [1.165, 1.54) is 83.5 Å². The topological polar surface area (TPSA) is 104 Å². The Hall–Kier alpha value is -0.160. The first-order valence-electron chi connectivity index (χ1n) is 10.1. The van der Waals surface area contributed by atoms with Gasteiger partial charge in [-0.15, -0.1) is 0 Å². The molecular formula is C19H46N4. The van der Waals surface area contributed by atoms with Crippen molar-refractivity contribution in [3.63, 3.8) is 0 Å². The fraction of sp³-hybridized carbons (Fsp3) is 1.00. The van der Waals surface area contributed by atoms with Crippen molar-refractivity contribution >= 4 is 0 Å². The van der Waals surface area contributed by atoms with E-state index in [0.29, 0.717) is 6.54 Å². The Morgan fingerprint density at radius 3 is 1.35 bits per heavy atom. The van der Waals surface area contributed by atoms with Gasteiger partial charge in [0.2, 0.25) is 0 Å². The van der Waals surface area contributed by atoms with Gasteiger partial charge in [0.1, 0.15) is 0 Å². The molecule has 0 spiro atoms. The van der Waals surface area contributed by atoms with Gasteiger partial charge >= 0.3 is 0 Å². The molecule has 0 saturated carbocycles. The summed E-state index contributed by atoms with van der Waals surface area (Å²) in [6, 6.07) is 0.232. The zero-order valence-electron chi connectivity index (χ0n) is 15.9. The largest absolute Gasteiger partial charge is 0.330 e. The summed E-state index contributed by atoms with van der Waals surface area (Å²) in [7, 11) is 0. The average molecular weight is 331 g/mol. The lowest BCUT2D eigenvalue weighted by molar-refractivity contribution is 0.530. The van der Waals surface area contributed by atoms with Crippen LogP contribution < -0.4 is 22.9 Å². The van der Waals surface area contributed by atoms with Crippen LogP contribution in [0.5, 0.6) is 0 Å². The molecule has 0 fully saturated rings. The summed E-state index contributed by atoms with van der Waals surface area (Å²) in [5.74, 6) is 0. The van der Waals surface area contributed by atoms with Crippen LogP contribution in [0.15, 0.2) is 0 Å². The minimum absolute atomic E-state index is 0.232. The highest BCUT2D eigenvalue weighted by atomic mass is 14.7. The van der Waals surface area contributed by atoms with Crippen molar-refractivity contribution in [1.82, 2.24) is 0 Å². The van der Waals surface area contributed by atoms with Crippen LogP contribution in [0.1, 0.15) is 96.8 Å². The summed E-state index contributed by atoms with van der Waals surface area (Å²) in [6.07, 6.45) is 18.2. The standard InChI is InChI=1S/C12H28N2.C7H18N2/c1-2-3-4-5-6-7-8-9-10-12(14)11-13;8-6-4-2-1-3-5-7-9/h12H,2-11,13-14H2,1H3;1-9H2. The van der Waals surface area contributed by atoms with Gasteiger partial charge in [-0.05, 0) is 32.4 Å². The second-order valence-electron chi connectivity index (χ2n) is 6.60. The summed E-state index contributed by atoms with van der Waals surface area (Å²) in [5.41, 5.74) is 21.8. The van der Waals surface area contributed by atoms with Crippen molar-refractivity contribution in [1.29, 1.82) is 0 Å². The van der Waals surface area contributed by atoms with Gasteiger partial charge < -0.3 is 22.9 Å². The normalized spacial score (nSPS) is 11.9. The zero-order valence-corrected chi connectivity index (χ0v) is 15.9. The highest BCUT2D eigenvalue weighted by Gasteiger charge is 1.98. The van der Waals surface area contributed by atoms with E-state index in [1.54, 1.807) is 0 Å². The Balaban J connectivity index is 0. The van der Waals surface area contributed by atoms with E-state index in [0.717, 1.165) is 19.5 Å². The van der Waals surface area contributed by atoms with Gasteiger partial charge in [0.15, 0.2) is 0 Å². The second kappa shape index (κ2) is 24.1. The van der Waals surface area contributed by atoms with Crippen molar-refractivity contribution in [2.45, 2.75) is 103 Å². The molecule has 4 heteroatoms. The second-order valence-corrected chi connectivity index (χ2v) is 6.60. The molecule has 0 aromatic rings. The molecule has 0 heterocycles. The SMILES string of the molecule is CCCCCCCCCCC(N)CN.NCCCCCCCN. The fourth-order valence-electron chi connectivity index (χ4n) is 2.48. The van der Waals surface area contributed by atoms with Crippen molar-refractivity contribution in [2.24, 2.45) is 22.9 Å². The van der Waals surface area contributed by atoms with Crippen molar-refractivity contribution in [3.05, 3.63) is 0 Å². The molecule has 0 aliphatic rings. The van der Waals surface area contributed by atoms with Crippen molar-refractivity contribution in [2.75, 3.05) is 19.6 Å². The van der Waals surface area contributed by atoms with Gasteiger partial charge in [-0.25, -0.2) is 0 Å². The van der Waals surface area contributed by atoms with E-state index in [2.05, 4.69) is 6.92 Å². The van der Waals surface area contributed by atoms with E-state index in [1.807, 2.05) is 0 Å². The Kier molecular flexibility index (Phi) is 26.3. The Morgan fingerprint density at radius 1 is 0.565 bits per heavy atom. The zero-order chi connectivity index (χ0) is 17.6. The highest BCUT2D eigenvalue weighted by Crippen LogP contribution is 2.09. The van der Waals surface area contributed by atoms with Gasteiger partial charge in [0, 0.05) is 12.6 Å². The van der Waals surface area contributed by atoms with Crippen LogP contribution in [-0.4, -0.2) is 25.7 Å². The third-order valence-corrected chi connectivity index (χ3v) is 4.14. The molecule has 4 nitrogen and oxygen atoms in total. The maximum Gasteiger partial charge on any atom is 0.0163 e. The van der Waals surface area contributed by atoms with Crippen LogP contribution >= 0.6 is 0 Å². The average Bonchev–Trinajstić information content (AvgIpc) is 2.57. The van der Waals surface area contributed by atoms with Crippen molar-refractivity contribution < 1.29 is 0 Å². The van der Waals surface area contributed by atoms with Gasteiger partial charge in [-0.3, -0.25) is 0 Å². The molecule has 0 rings (SSSR count). The summed E-state index contributed by atoms with van der Waals surface area (Å²) in [6.45, 7) is 4.57. The monoisotopic (exact) mass is 330 g/mol. The lowest BCUT2D eigenvalue weighted by Gasteiger charge is -2.07. The van der Waals surface area contributed by atoms with E-state index in [9.17, 15) is 0 Å². The van der Waals surface area contributed by atoms with E-state index in [-0.39, 0.29) is 6.04 Å². The number of unbranched alkanes of at least 4 members (excludes halogenated alkanes) is 11. The summed E-state index contributed by atoms with van der Waals surface area (Å²) in [4.78, 5) is 0. The molecule has 142 valence electrons.